The molecule has 0 amide bonds. The molecule has 1 aromatic rings. The van der Waals surface area contributed by atoms with E-state index in [2.05, 4.69) is 9.82 Å². The van der Waals surface area contributed by atoms with Crippen LogP contribution in [-0.4, -0.2) is 48.7 Å². The number of aliphatic hydroxyl groups is 1. The summed E-state index contributed by atoms with van der Waals surface area (Å²) in [5.41, 5.74) is 0. The van der Waals surface area contributed by atoms with Crippen LogP contribution in [-0.2, 0) is 21.3 Å². The quantitative estimate of drug-likeness (QED) is 0.751. The zero-order valence-corrected chi connectivity index (χ0v) is 11.6. The van der Waals surface area contributed by atoms with Crippen LogP contribution in [0.1, 0.15) is 19.8 Å². The van der Waals surface area contributed by atoms with Crippen LogP contribution in [0.4, 0.5) is 0 Å². The van der Waals surface area contributed by atoms with Gasteiger partial charge in [-0.2, -0.15) is 5.10 Å². The van der Waals surface area contributed by atoms with Crippen LogP contribution in [0.5, 0.6) is 0 Å². The maximum Gasteiger partial charge on any atom is 0.244 e. The lowest BCUT2D eigenvalue weighted by Crippen LogP contribution is -2.40. The Kier molecular flexibility index (Phi) is 4.56. The lowest BCUT2D eigenvalue weighted by atomic mass is 10.1. The van der Waals surface area contributed by atoms with Crippen LogP contribution < -0.4 is 4.72 Å². The molecular weight excluding hydrogens is 270 g/mol. The summed E-state index contributed by atoms with van der Waals surface area (Å²) in [5, 5.41) is 12.7. The van der Waals surface area contributed by atoms with Crippen LogP contribution in [0.25, 0.3) is 0 Å². The Morgan fingerprint density at radius 3 is 3.11 bits per heavy atom. The number of hydrogen-bond acceptors (Lipinski definition) is 5. The molecule has 7 nitrogen and oxygen atoms in total. The summed E-state index contributed by atoms with van der Waals surface area (Å²) in [6, 6.07) is -0.270. The Labute approximate surface area is 112 Å². The molecule has 0 radical (unpaired) electrons. The van der Waals surface area contributed by atoms with E-state index in [0.29, 0.717) is 6.61 Å². The van der Waals surface area contributed by atoms with Crippen molar-refractivity contribution in [3.05, 3.63) is 12.4 Å². The van der Waals surface area contributed by atoms with Gasteiger partial charge in [-0.05, 0) is 19.8 Å². The molecule has 1 aliphatic rings. The Balaban J connectivity index is 2.03. The predicted octanol–water partition coefficient (Wildman–Crippen LogP) is -0.279. The highest BCUT2D eigenvalue weighted by Gasteiger charge is 2.27. The van der Waals surface area contributed by atoms with Gasteiger partial charge in [-0.3, -0.25) is 4.68 Å². The van der Waals surface area contributed by atoms with E-state index in [1.807, 2.05) is 0 Å². The molecule has 8 heteroatoms. The molecule has 2 N–H and O–H groups in total. The highest BCUT2D eigenvalue weighted by Crippen LogP contribution is 2.17. The van der Waals surface area contributed by atoms with Crippen LogP contribution in [0.15, 0.2) is 17.3 Å². The summed E-state index contributed by atoms with van der Waals surface area (Å²) in [4.78, 5) is 0.103. The van der Waals surface area contributed by atoms with Gasteiger partial charge < -0.3 is 9.84 Å². The highest BCUT2D eigenvalue weighted by molar-refractivity contribution is 7.89. The fraction of sp³-hybridized carbons (Fsp3) is 0.727. The van der Waals surface area contributed by atoms with E-state index >= 15 is 0 Å². The van der Waals surface area contributed by atoms with Crippen molar-refractivity contribution in [2.45, 2.75) is 43.4 Å². The van der Waals surface area contributed by atoms with E-state index in [4.69, 9.17) is 9.84 Å². The number of nitrogens with zero attached hydrogens (tertiary/aromatic N) is 2. The zero-order valence-electron chi connectivity index (χ0n) is 10.8. The van der Waals surface area contributed by atoms with E-state index in [1.165, 1.54) is 17.1 Å². The Morgan fingerprint density at radius 2 is 2.47 bits per heavy atom. The number of sulfonamides is 1. The van der Waals surface area contributed by atoms with Crippen molar-refractivity contribution >= 4 is 10.0 Å². The molecule has 1 saturated heterocycles. The molecule has 19 heavy (non-hydrogen) atoms. The smallest absolute Gasteiger partial charge is 0.244 e. The second-order valence-corrected chi connectivity index (χ2v) is 6.34. The zero-order chi connectivity index (χ0) is 13.9. The third-order valence-electron chi connectivity index (χ3n) is 3.11. The van der Waals surface area contributed by atoms with Gasteiger partial charge in [0.25, 0.3) is 0 Å². The predicted molar refractivity (Wildman–Crippen MR) is 68.1 cm³/mol. The van der Waals surface area contributed by atoms with Crippen LogP contribution in [0.3, 0.4) is 0 Å². The van der Waals surface area contributed by atoms with Crippen LogP contribution in [0, 0.1) is 0 Å². The van der Waals surface area contributed by atoms with Crippen molar-refractivity contribution in [1.29, 1.82) is 0 Å². The average molecular weight is 289 g/mol. The van der Waals surface area contributed by atoms with E-state index in [1.54, 1.807) is 6.92 Å². The monoisotopic (exact) mass is 289 g/mol. The van der Waals surface area contributed by atoms with Crippen molar-refractivity contribution < 1.29 is 18.3 Å². The standard InChI is InChI=1S/C11H19N3O4S/c1-9(11-3-2-6-18-11)13-19(16,17)10-7-12-14(8-10)4-5-15/h7-9,11,13,15H,2-6H2,1H3. The molecule has 0 aliphatic carbocycles. The molecule has 1 aliphatic heterocycles. The first-order chi connectivity index (χ1) is 9.03. The van der Waals surface area contributed by atoms with Gasteiger partial charge in [0.15, 0.2) is 0 Å². The molecule has 1 aromatic heterocycles. The SMILES string of the molecule is CC(NS(=O)(=O)c1cnn(CCO)c1)C1CCCO1. The van der Waals surface area contributed by atoms with Gasteiger partial charge in [0, 0.05) is 18.8 Å². The Hall–Kier alpha value is -0.960. The van der Waals surface area contributed by atoms with Gasteiger partial charge in [0.2, 0.25) is 10.0 Å². The van der Waals surface area contributed by atoms with E-state index in [9.17, 15) is 8.42 Å². The number of aromatic nitrogens is 2. The minimum absolute atomic E-state index is 0.0674. The molecule has 108 valence electrons. The maximum absolute atomic E-state index is 12.1. The van der Waals surface area contributed by atoms with Crippen molar-refractivity contribution in [2.75, 3.05) is 13.2 Å². The topological polar surface area (TPSA) is 93.5 Å². The number of ether oxygens (including phenoxy) is 1. The number of hydrogen-bond donors (Lipinski definition) is 2. The van der Waals surface area contributed by atoms with Crippen molar-refractivity contribution in [1.82, 2.24) is 14.5 Å². The summed E-state index contributed by atoms with van der Waals surface area (Å²) in [6.07, 6.45) is 4.45. The molecule has 2 heterocycles. The van der Waals surface area contributed by atoms with Crippen LogP contribution in [0.2, 0.25) is 0 Å². The minimum atomic E-state index is -3.59. The van der Waals surface area contributed by atoms with E-state index in [-0.39, 0.29) is 30.2 Å². The molecule has 0 aromatic carbocycles. The molecule has 2 unspecified atom stereocenters. The lowest BCUT2D eigenvalue weighted by Gasteiger charge is -2.19. The normalized spacial score (nSPS) is 21.7. The van der Waals surface area contributed by atoms with E-state index < -0.39 is 10.0 Å². The van der Waals surface area contributed by atoms with Crippen molar-refractivity contribution in [3.63, 3.8) is 0 Å². The second-order valence-electron chi connectivity index (χ2n) is 4.62. The summed E-state index contributed by atoms with van der Waals surface area (Å²) in [5.74, 6) is 0. The van der Waals surface area contributed by atoms with Gasteiger partial charge in [-0.25, -0.2) is 13.1 Å². The highest BCUT2D eigenvalue weighted by atomic mass is 32.2. The van der Waals surface area contributed by atoms with Gasteiger partial charge in [-0.15, -0.1) is 0 Å². The fourth-order valence-corrected chi connectivity index (χ4v) is 3.32. The maximum atomic E-state index is 12.1. The average Bonchev–Trinajstić information content (AvgIpc) is 2.99. The lowest BCUT2D eigenvalue weighted by molar-refractivity contribution is 0.0902. The summed E-state index contributed by atoms with van der Waals surface area (Å²) < 4.78 is 33.7. The second kappa shape index (κ2) is 6.00. The van der Waals surface area contributed by atoms with Crippen molar-refractivity contribution in [2.24, 2.45) is 0 Å². The molecule has 2 atom stereocenters. The van der Waals surface area contributed by atoms with Crippen LogP contribution >= 0.6 is 0 Å². The van der Waals surface area contributed by atoms with Crippen molar-refractivity contribution in [3.8, 4) is 0 Å². The van der Waals surface area contributed by atoms with Gasteiger partial charge >= 0.3 is 0 Å². The summed E-state index contributed by atoms with van der Waals surface area (Å²) in [7, 11) is -3.59. The minimum Gasteiger partial charge on any atom is -0.394 e. The third kappa shape index (κ3) is 3.53. The molecule has 2 rings (SSSR count). The third-order valence-corrected chi connectivity index (χ3v) is 4.63. The first-order valence-electron chi connectivity index (χ1n) is 6.30. The molecule has 1 fully saturated rings. The van der Waals surface area contributed by atoms with E-state index in [0.717, 1.165) is 12.8 Å². The largest absolute Gasteiger partial charge is 0.394 e. The van der Waals surface area contributed by atoms with Gasteiger partial charge in [0.1, 0.15) is 4.90 Å². The van der Waals surface area contributed by atoms with Gasteiger partial charge in [0.05, 0.1) is 25.5 Å². The first kappa shape index (κ1) is 14.4. The number of nitrogens with one attached hydrogen (secondary N) is 1. The summed E-state index contributed by atoms with van der Waals surface area (Å²) >= 11 is 0. The Morgan fingerprint density at radius 1 is 1.68 bits per heavy atom. The summed E-state index contributed by atoms with van der Waals surface area (Å²) in [6.45, 7) is 2.68. The first-order valence-corrected chi connectivity index (χ1v) is 7.78. The Bertz CT molecular complexity index is 508. The fourth-order valence-electron chi connectivity index (χ4n) is 2.09. The number of rotatable bonds is 6. The molecular formula is C11H19N3O4S. The molecule has 0 bridgehead atoms. The van der Waals surface area contributed by atoms with Gasteiger partial charge in [-0.1, -0.05) is 0 Å². The molecule has 0 saturated carbocycles. The molecule has 0 spiro atoms. The number of aliphatic hydroxyl groups excluding tert-OH is 1.